The van der Waals surface area contributed by atoms with Gasteiger partial charge in [-0.25, -0.2) is 18.7 Å². The molecule has 2 aromatic heterocycles. The predicted octanol–water partition coefficient (Wildman–Crippen LogP) is 0.333. The maximum atomic E-state index is 11.8. The van der Waals surface area contributed by atoms with Gasteiger partial charge in [-0.3, -0.25) is 0 Å². The molecular formula is C14H14N2O3+2. The highest BCUT2D eigenvalue weighted by atomic mass is 16.6. The summed E-state index contributed by atoms with van der Waals surface area (Å²) in [6.07, 6.45) is 6.77. The summed E-state index contributed by atoms with van der Waals surface area (Å²) in [6.45, 7) is 0. The van der Waals surface area contributed by atoms with Crippen LogP contribution in [0.25, 0.3) is 0 Å². The number of carbonyl (C=O) groups is 2. The van der Waals surface area contributed by atoms with Crippen molar-refractivity contribution >= 4 is 11.9 Å². The van der Waals surface area contributed by atoms with Crippen LogP contribution in [0.2, 0.25) is 0 Å². The van der Waals surface area contributed by atoms with Gasteiger partial charge < -0.3 is 4.74 Å². The van der Waals surface area contributed by atoms with E-state index in [1.807, 2.05) is 0 Å². The Bertz CT molecular complexity index is 583. The zero-order valence-corrected chi connectivity index (χ0v) is 10.7. The van der Waals surface area contributed by atoms with E-state index < -0.39 is 11.9 Å². The SMILES string of the molecule is C[n+]1cccc(C(=O)OC(=O)c2ccc[n+](C)c2)c1. The van der Waals surface area contributed by atoms with Crippen LogP contribution < -0.4 is 9.13 Å². The van der Waals surface area contributed by atoms with E-state index >= 15 is 0 Å². The molecule has 0 atom stereocenters. The van der Waals surface area contributed by atoms with Crippen LogP contribution in [0.5, 0.6) is 0 Å². The van der Waals surface area contributed by atoms with Crippen molar-refractivity contribution in [2.45, 2.75) is 0 Å². The molecule has 2 heterocycles. The largest absolute Gasteiger partial charge is 0.385 e. The molecule has 0 unspecified atom stereocenters. The van der Waals surface area contributed by atoms with Gasteiger partial charge in [0.05, 0.1) is 0 Å². The number of hydrogen-bond donors (Lipinski definition) is 0. The Kier molecular flexibility index (Phi) is 3.66. The topological polar surface area (TPSA) is 51.1 Å². The molecule has 0 amide bonds. The Balaban J connectivity index is 2.13. The van der Waals surface area contributed by atoms with Crippen molar-refractivity contribution in [1.82, 2.24) is 0 Å². The normalized spacial score (nSPS) is 10.0. The number of aromatic nitrogens is 2. The summed E-state index contributed by atoms with van der Waals surface area (Å²) in [6, 6.07) is 6.62. The van der Waals surface area contributed by atoms with Crippen molar-refractivity contribution < 1.29 is 23.5 Å². The van der Waals surface area contributed by atoms with Crippen molar-refractivity contribution in [2.24, 2.45) is 14.1 Å². The highest BCUT2D eigenvalue weighted by Crippen LogP contribution is 2.03. The fourth-order valence-electron chi connectivity index (χ4n) is 1.62. The number of pyridine rings is 2. The molecule has 0 radical (unpaired) electrons. The first-order valence-corrected chi connectivity index (χ1v) is 5.73. The highest BCUT2D eigenvalue weighted by Gasteiger charge is 2.18. The molecule has 0 bridgehead atoms. The molecule has 5 heteroatoms. The Hall–Kier alpha value is -2.56. The first-order valence-electron chi connectivity index (χ1n) is 5.73. The van der Waals surface area contributed by atoms with E-state index in [4.69, 9.17) is 4.74 Å². The van der Waals surface area contributed by atoms with Gasteiger partial charge in [0.1, 0.15) is 25.2 Å². The summed E-state index contributed by atoms with van der Waals surface area (Å²) >= 11 is 0. The quantitative estimate of drug-likeness (QED) is 0.443. The summed E-state index contributed by atoms with van der Waals surface area (Å²) in [5.74, 6) is -1.32. The average Bonchev–Trinajstić information content (AvgIpc) is 2.38. The third-order valence-corrected chi connectivity index (χ3v) is 2.54. The second-order valence-electron chi connectivity index (χ2n) is 4.19. The van der Waals surface area contributed by atoms with Gasteiger partial charge in [-0.2, -0.15) is 0 Å². The predicted molar refractivity (Wildman–Crippen MR) is 65.0 cm³/mol. The number of esters is 2. The van der Waals surface area contributed by atoms with E-state index in [0.717, 1.165) is 0 Å². The molecule has 0 saturated carbocycles. The van der Waals surface area contributed by atoms with Crippen LogP contribution in [-0.4, -0.2) is 11.9 Å². The Labute approximate surface area is 110 Å². The summed E-state index contributed by atoms with van der Waals surface area (Å²) in [5.41, 5.74) is 0.664. The van der Waals surface area contributed by atoms with Crippen LogP contribution in [0, 0.1) is 0 Å². The second-order valence-corrected chi connectivity index (χ2v) is 4.19. The number of ether oxygens (including phenoxy) is 1. The lowest BCUT2D eigenvalue weighted by Crippen LogP contribution is -2.29. The molecule has 5 nitrogen and oxygen atoms in total. The molecular weight excluding hydrogens is 244 g/mol. The zero-order chi connectivity index (χ0) is 13.8. The first-order chi connectivity index (χ1) is 9.06. The van der Waals surface area contributed by atoms with Gasteiger partial charge in [0.15, 0.2) is 24.8 Å². The molecule has 96 valence electrons. The van der Waals surface area contributed by atoms with Crippen LogP contribution in [0.3, 0.4) is 0 Å². The molecule has 0 aromatic carbocycles. The van der Waals surface area contributed by atoms with Crippen LogP contribution in [0.4, 0.5) is 0 Å². The lowest BCUT2D eigenvalue weighted by atomic mass is 10.2. The molecule has 0 fully saturated rings. The summed E-state index contributed by atoms with van der Waals surface area (Å²) in [5, 5.41) is 0. The lowest BCUT2D eigenvalue weighted by molar-refractivity contribution is -0.671. The van der Waals surface area contributed by atoms with Crippen LogP contribution in [0.1, 0.15) is 20.7 Å². The molecule has 0 spiro atoms. The first kappa shape index (κ1) is 12.9. The lowest BCUT2D eigenvalue weighted by Gasteiger charge is -2.01. The second kappa shape index (κ2) is 5.39. The third-order valence-electron chi connectivity index (χ3n) is 2.54. The standard InChI is InChI=1S/C14H14N2O3/c1-15-7-3-5-11(9-15)13(17)19-14(18)12-6-4-8-16(2)10-12/h3-10H,1-2H3/q+2. The Morgan fingerprint density at radius 1 is 0.895 bits per heavy atom. The number of nitrogens with zero attached hydrogens (tertiary/aromatic N) is 2. The van der Waals surface area contributed by atoms with E-state index in [1.165, 1.54) is 0 Å². The van der Waals surface area contributed by atoms with Gasteiger partial charge in [0.25, 0.3) is 0 Å². The minimum Gasteiger partial charge on any atom is -0.385 e. The molecule has 2 rings (SSSR count). The molecule has 0 saturated heterocycles. The van der Waals surface area contributed by atoms with Gasteiger partial charge in [0.2, 0.25) is 0 Å². The van der Waals surface area contributed by atoms with Crippen LogP contribution >= 0.6 is 0 Å². The van der Waals surface area contributed by atoms with Gasteiger partial charge in [-0.15, -0.1) is 0 Å². The van der Waals surface area contributed by atoms with Crippen LogP contribution in [0.15, 0.2) is 49.1 Å². The Morgan fingerprint density at radius 3 is 1.68 bits per heavy atom. The van der Waals surface area contributed by atoms with E-state index in [1.54, 1.807) is 72.3 Å². The van der Waals surface area contributed by atoms with Gasteiger partial charge in [-0.05, 0) is 12.1 Å². The molecule has 0 N–H and O–H groups in total. The average molecular weight is 258 g/mol. The fourth-order valence-corrected chi connectivity index (χ4v) is 1.62. The zero-order valence-electron chi connectivity index (χ0n) is 10.7. The molecule has 0 aliphatic carbocycles. The monoisotopic (exact) mass is 258 g/mol. The number of hydrogen-bond acceptors (Lipinski definition) is 3. The van der Waals surface area contributed by atoms with E-state index in [9.17, 15) is 9.59 Å². The van der Waals surface area contributed by atoms with Crippen LogP contribution in [-0.2, 0) is 18.8 Å². The highest BCUT2D eigenvalue weighted by molar-refractivity contribution is 6.02. The number of aryl methyl sites for hydroxylation is 2. The fraction of sp³-hybridized carbons (Fsp3) is 0.143. The number of rotatable bonds is 2. The van der Waals surface area contributed by atoms with Crippen molar-refractivity contribution in [3.8, 4) is 0 Å². The maximum absolute atomic E-state index is 11.8. The van der Waals surface area contributed by atoms with Crippen molar-refractivity contribution in [3.05, 3.63) is 60.2 Å². The summed E-state index contributed by atoms with van der Waals surface area (Å²) in [7, 11) is 3.57. The van der Waals surface area contributed by atoms with Gasteiger partial charge in [0, 0.05) is 12.1 Å². The number of carbonyl (C=O) groups excluding carboxylic acids is 2. The Morgan fingerprint density at radius 2 is 1.32 bits per heavy atom. The molecule has 19 heavy (non-hydrogen) atoms. The van der Waals surface area contributed by atoms with E-state index in [2.05, 4.69) is 0 Å². The van der Waals surface area contributed by atoms with E-state index in [0.29, 0.717) is 11.1 Å². The third kappa shape index (κ3) is 3.22. The molecule has 2 aromatic rings. The maximum Gasteiger partial charge on any atom is 0.352 e. The van der Waals surface area contributed by atoms with Gasteiger partial charge >= 0.3 is 11.9 Å². The van der Waals surface area contributed by atoms with E-state index in [-0.39, 0.29) is 0 Å². The summed E-state index contributed by atoms with van der Waals surface area (Å²) < 4.78 is 8.25. The van der Waals surface area contributed by atoms with Crippen molar-refractivity contribution in [1.29, 1.82) is 0 Å². The minimum absolute atomic E-state index is 0.332. The molecule has 0 aliphatic rings. The minimum atomic E-state index is -0.660. The van der Waals surface area contributed by atoms with Crippen molar-refractivity contribution in [2.75, 3.05) is 0 Å². The summed E-state index contributed by atoms with van der Waals surface area (Å²) in [4.78, 5) is 23.6. The van der Waals surface area contributed by atoms with Crippen molar-refractivity contribution in [3.63, 3.8) is 0 Å². The van der Waals surface area contributed by atoms with Gasteiger partial charge in [-0.1, -0.05) is 0 Å². The smallest absolute Gasteiger partial charge is 0.352 e. The molecule has 0 aliphatic heterocycles.